The molecule has 1 N–H and O–H groups in total. The van der Waals surface area contributed by atoms with Crippen molar-refractivity contribution in [3.05, 3.63) is 29.5 Å². The van der Waals surface area contributed by atoms with Crippen LogP contribution in [0.5, 0.6) is 0 Å². The summed E-state index contributed by atoms with van der Waals surface area (Å²) in [5.74, 6) is 0.333. The molecule has 0 aliphatic heterocycles. The molecule has 0 aromatic carbocycles. The maximum atomic E-state index is 10.8. The van der Waals surface area contributed by atoms with Crippen LogP contribution in [-0.2, 0) is 13.6 Å². The summed E-state index contributed by atoms with van der Waals surface area (Å²) < 4.78 is 14.3. The van der Waals surface area contributed by atoms with Gasteiger partial charge < -0.3 is 14.0 Å². The zero-order valence-corrected chi connectivity index (χ0v) is 28.6. The van der Waals surface area contributed by atoms with Gasteiger partial charge in [-0.2, -0.15) is 0 Å². The van der Waals surface area contributed by atoms with Gasteiger partial charge in [-0.25, -0.2) is 0 Å². The normalized spacial score (nSPS) is 21.8. The Balaban J connectivity index is 2.18. The molecule has 0 unspecified atom stereocenters. The maximum absolute atomic E-state index is 10.8. The fourth-order valence-electron chi connectivity index (χ4n) is 6.27. The highest BCUT2D eigenvalue weighted by atomic mass is 28.4. The van der Waals surface area contributed by atoms with E-state index in [4.69, 9.17) is 14.0 Å². The van der Waals surface area contributed by atoms with Gasteiger partial charge in [0.05, 0.1) is 12.5 Å². The summed E-state index contributed by atoms with van der Waals surface area (Å²) in [5, 5.41) is 9.12. The summed E-state index contributed by atoms with van der Waals surface area (Å²) in [6.07, 6.45) is 18.8. The molecule has 4 nitrogen and oxygen atoms in total. The Bertz CT molecular complexity index is 832. The molecular formula is C33H60O4Si2. The van der Waals surface area contributed by atoms with Crippen LogP contribution in [0.2, 0.25) is 36.3 Å². The predicted octanol–water partition coefficient (Wildman–Crippen LogP) is 10.0. The zero-order chi connectivity index (χ0) is 29.1. The van der Waals surface area contributed by atoms with E-state index in [1.54, 1.807) is 11.6 Å². The molecule has 0 heterocycles. The summed E-state index contributed by atoms with van der Waals surface area (Å²) in [4.78, 5) is 10.8. The van der Waals surface area contributed by atoms with Crippen LogP contribution in [0.4, 0.5) is 0 Å². The SMILES string of the molecule is CC[Si](CC)(CC)O[C@H]1CC=C(CC[C@@H](O[Si](C)(C)C(C)(C)C)C2CCCCC2)[C@H]1CCC=C=CCC(=O)O. The average Bonchev–Trinajstić information content (AvgIpc) is 3.27. The van der Waals surface area contributed by atoms with Crippen LogP contribution in [0.25, 0.3) is 0 Å². The molecule has 0 radical (unpaired) electrons. The van der Waals surface area contributed by atoms with Crippen molar-refractivity contribution in [3.8, 4) is 0 Å². The third kappa shape index (κ3) is 10.5. The molecule has 1 fully saturated rings. The topological polar surface area (TPSA) is 55.8 Å². The quantitative estimate of drug-likeness (QED) is 0.113. The van der Waals surface area contributed by atoms with Gasteiger partial charge in [-0.05, 0) is 99.3 Å². The molecule has 0 aromatic heterocycles. The average molecular weight is 577 g/mol. The van der Waals surface area contributed by atoms with Gasteiger partial charge in [0.25, 0.3) is 0 Å². The van der Waals surface area contributed by atoms with Gasteiger partial charge >= 0.3 is 5.97 Å². The highest BCUT2D eigenvalue weighted by molar-refractivity contribution is 6.74. The lowest BCUT2D eigenvalue weighted by Gasteiger charge is -2.42. The highest BCUT2D eigenvalue weighted by Gasteiger charge is 2.42. The van der Waals surface area contributed by atoms with E-state index in [1.807, 2.05) is 6.08 Å². The Kier molecular flexibility index (Phi) is 14.0. The van der Waals surface area contributed by atoms with Crippen molar-refractivity contribution in [3.63, 3.8) is 0 Å². The number of hydrogen-bond acceptors (Lipinski definition) is 3. The Hall–Kier alpha value is -0.916. The Morgan fingerprint density at radius 1 is 1.10 bits per heavy atom. The van der Waals surface area contributed by atoms with Crippen molar-refractivity contribution in [1.29, 1.82) is 0 Å². The number of carbonyl (C=O) groups is 1. The van der Waals surface area contributed by atoms with Crippen molar-refractivity contribution < 1.29 is 18.8 Å². The van der Waals surface area contributed by atoms with Crippen LogP contribution >= 0.6 is 0 Å². The summed E-state index contributed by atoms with van der Waals surface area (Å²) >= 11 is 0. The van der Waals surface area contributed by atoms with Gasteiger partial charge in [-0.3, -0.25) is 4.79 Å². The first-order chi connectivity index (χ1) is 18.4. The number of rotatable bonds is 16. The van der Waals surface area contributed by atoms with Crippen LogP contribution in [0.15, 0.2) is 29.5 Å². The minimum absolute atomic E-state index is 0.0330. The van der Waals surface area contributed by atoms with E-state index in [2.05, 4.69) is 66.4 Å². The fourth-order valence-corrected chi connectivity index (χ4v) is 10.6. The van der Waals surface area contributed by atoms with Crippen molar-refractivity contribution >= 4 is 22.6 Å². The van der Waals surface area contributed by atoms with Crippen molar-refractivity contribution in [2.75, 3.05) is 0 Å². The lowest BCUT2D eigenvalue weighted by Crippen LogP contribution is -2.46. The molecule has 39 heavy (non-hydrogen) atoms. The van der Waals surface area contributed by atoms with Crippen LogP contribution in [0.1, 0.15) is 112 Å². The van der Waals surface area contributed by atoms with E-state index < -0.39 is 22.6 Å². The Morgan fingerprint density at radius 2 is 1.74 bits per heavy atom. The summed E-state index contributed by atoms with van der Waals surface area (Å²) in [6.45, 7) is 18.9. The Labute approximate surface area is 243 Å². The molecule has 0 spiro atoms. The van der Waals surface area contributed by atoms with Crippen molar-refractivity contribution in [2.45, 2.75) is 161 Å². The maximum Gasteiger partial charge on any atom is 0.307 e. The van der Waals surface area contributed by atoms with E-state index in [0.29, 0.717) is 17.9 Å². The second-order valence-corrected chi connectivity index (χ2v) is 23.1. The molecule has 3 atom stereocenters. The molecule has 0 amide bonds. The van der Waals surface area contributed by atoms with Crippen LogP contribution in [0.3, 0.4) is 0 Å². The third-order valence-corrected chi connectivity index (χ3v) is 19.3. The molecule has 0 saturated heterocycles. The first-order valence-electron chi connectivity index (χ1n) is 16.0. The van der Waals surface area contributed by atoms with Gasteiger partial charge in [-0.1, -0.05) is 72.5 Å². The molecule has 6 heteroatoms. The predicted molar refractivity (Wildman–Crippen MR) is 170 cm³/mol. The number of carboxylic acids is 1. The van der Waals surface area contributed by atoms with E-state index in [-0.39, 0.29) is 17.6 Å². The van der Waals surface area contributed by atoms with Crippen molar-refractivity contribution in [2.24, 2.45) is 11.8 Å². The smallest absolute Gasteiger partial charge is 0.307 e. The van der Waals surface area contributed by atoms with Gasteiger partial charge in [0, 0.05) is 12.0 Å². The van der Waals surface area contributed by atoms with E-state index >= 15 is 0 Å². The molecule has 2 aliphatic carbocycles. The van der Waals surface area contributed by atoms with E-state index in [0.717, 1.165) is 32.1 Å². The van der Waals surface area contributed by atoms with Gasteiger partial charge in [-0.15, -0.1) is 5.73 Å². The number of hydrogen-bond donors (Lipinski definition) is 1. The largest absolute Gasteiger partial charge is 0.481 e. The molecule has 2 aliphatic rings. The lowest BCUT2D eigenvalue weighted by molar-refractivity contribution is -0.136. The Morgan fingerprint density at radius 3 is 2.31 bits per heavy atom. The monoisotopic (exact) mass is 576 g/mol. The number of aliphatic carboxylic acids is 1. The van der Waals surface area contributed by atoms with Gasteiger partial charge in [0.15, 0.2) is 16.6 Å². The molecule has 0 bridgehead atoms. The van der Waals surface area contributed by atoms with E-state index in [1.165, 1.54) is 50.2 Å². The molecule has 224 valence electrons. The second-order valence-electron chi connectivity index (χ2n) is 13.6. The molecular weight excluding hydrogens is 517 g/mol. The fraction of sp³-hybridized carbons (Fsp3) is 0.818. The lowest BCUT2D eigenvalue weighted by atomic mass is 9.82. The number of carboxylic acid groups (broad SMARTS) is 1. The van der Waals surface area contributed by atoms with Crippen LogP contribution in [-0.4, -0.2) is 39.9 Å². The van der Waals surface area contributed by atoms with Crippen molar-refractivity contribution in [1.82, 2.24) is 0 Å². The summed E-state index contributed by atoms with van der Waals surface area (Å²) in [6, 6.07) is 3.54. The highest BCUT2D eigenvalue weighted by Crippen LogP contribution is 2.43. The van der Waals surface area contributed by atoms with Crippen LogP contribution < -0.4 is 0 Å². The first-order valence-corrected chi connectivity index (χ1v) is 21.5. The standard InChI is InChI=1S/C33H60O4Si2/c1-9-39(10-2,11-3)37-31-26-24-27(29(31)21-17-12-13-18-22-32(34)35)23-25-30(28-19-15-14-16-20-28)36-38(7,8)33(4,5)6/h12,18,24,28-31H,9-11,14-17,19-23,25-26H2,1-8H3,(H,34,35)/t13?,29-,30-,31+/m1/s1. The second kappa shape index (κ2) is 15.9. The van der Waals surface area contributed by atoms with Gasteiger partial charge in [0.2, 0.25) is 0 Å². The minimum atomic E-state index is -1.84. The first kappa shape index (κ1) is 34.3. The molecule has 2 rings (SSSR count). The van der Waals surface area contributed by atoms with E-state index in [9.17, 15) is 4.79 Å². The summed E-state index contributed by atoms with van der Waals surface area (Å²) in [5.41, 5.74) is 4.66. The molecule has 1 saturated carbocycles. The van der Waals surface area contributed by atoms with Gasteiger partial charge in [0.1, 0.15) is 0 Å². The zero-order valence-electron chi connectivity index (χ0n) is 26.6. The summed E-state index contributed by atoms with van der Waals surface area (Å²) in [7, 11) is -3.55. The minimum Gasteiger partial charge on any atom is -0.481 e. The molecule has 0 aromatic rings. The third-order valence-electron chi connectivity index (χ3n) is 10.2. The van der Waals surface area contributed by atoms with Crippen LogP contribution in [0, 0.1) is 11.8 Å².